The standard InChI is InChI=1S/C17H22BrN3O2/c18-12-5-7-13(8-6-12)20-16(22)10-19-17(23)15-9-11-3-1-2-4-14(11)21-15/h5-8,11,14-15,21H,1-4,9-10H2,(H,19,23)(H,20,22). The van der Waals surface area contributed by atoms with Crippen molar-refractivity contribution in [1.82, 2.24) is 10.6 Å². The van der Waals surface area contributed by atoms with Gasteiger partial charge in [-0.15, -0.1) is 0 Å². The lowest BCUT2D eigenvalue weighted by molar-refractivity contribution is -0.125. The zero-order valence-electron chi connectivity index (χ0n) is 13.0. The highest BCUT2D eigenvalue weighted by atomic mass is 79.9. The summed E-state index contributed by atoms with van der Waals surface area (Å²) >= 11 is 3.35. The molecule has 1 aromatic carbocycles. The van der Waals surface area contributed by atoms with E-state index in [1.165, 1.54) is 25.7 Å². The highest BCUT2D eigenvalue weighted by molar-refractivity contribution is 9.10. The number of amides is 2. The molecule has 1 aromatic rings. The summed E-state index contributed by atoms with van der Waals surface area (Å²) in [5, 5.41) is 8.94. The quantitative estimate of drug-likeness (QED) is 0.752. The molecule has 1 aliphatic carbocycles. The normalized spacial score (nSPS) is 26.4. The van der Waals surface area contributed by atoms with Gasteiger partial charge in [0.1, 0.15) is 0 Å². The number of benzene rings is 1. The Kier molecular flexibility index (Phi) is 5.33. The van der Waals surface area contributed by atoms with Crippen LogP contribution in [-0.4, -0.2) is 30.4 Å². The van der Waals surface area contributed by atoms with Gasteiger partial charge in [-0.2, -0.15) is 0 Å². The lowest BCUT2D eigenvalue weighted by Gasteiger charge is -2.24. The molecule has 0 spiro atoms. The number of hydrogen-bond donors (Lipinski definition) is 3. The third-order valence-electron chi connectivity index (χ3n) is 4.73. The van der Waals surface area contributed by atoms with E-state index < -0.39 is 0 Å². The molecule has 23 heavy (non-hydrogen) atoms. The summed E-state index contributed by atoms with van der Waals surface area (Å²) in [6.45, 7) is 0.00239. The van der Waals surface area contributed by atoms with Crippen LogP contribution >= 0.6 is 15.9 Å². The summed E-state index contributed by atoms with van der Waals surface area (Å²) in [6.07, 6.45) is 5.79. The molecule has 124 valence electrons. The molecule has 0 aromatic heterocycles. The summed E-state index contributed by atoms with van der Waals surface area (Å²) < 4.78 is 0.956. The topological polar surface area (TPSA) is 70.2 Å². The summed E-state index contributed by atoms with van der Waals surface area (Å²) in [5.41, 5.74) is 0.720. The molecular weight excluding hydrogens is 358 g/mol. The molecule has 1 aliphatic heterocycles. The fourth-order valence-electron chi connectivity index (χ4n) is 3.55. The predicted octanol–water partition coefficient (Wildman–Crippen LogP) is 2.42. The van der Waals surface area contributed by atoms with E-state index in [0.29, 0.717) is 12.0 Å². The second-order valence-corrected chi connectivity index (χ2v) is 7.29. The van der Waals surface area contributed by atoms with Crippen LogP contribution in [0.2, 0.25) is 0 Å². The Labute approximate surface area is 144 Å². The highest BCUT2D eigenvalue weighted by Crippen LogP contribution is 2.33. The number of anilines is 1. The van der Waals surface area contributed by atoms with Crippen molar-refractivity contribution in [3.8, 4) is 0 Å². The molecular formula is C17H22BrN3O2. The minimum absolute atomic E-state index is 0.00239. The van der Waals surface area contributed by atoms with Gasteiger partial charge in [0.05, 0.1) is 12.6 Å². The molecule has 5 nitrogen and oxygen atoms in total. The Morgan fingerprint density at radius 2 is 1.91 bits per heavy atom. The second kappa shape index (κ2) is 7.45. The van der Waals surface area contributed by atoms with Crippen molar-refractivity contribution in [2.75, 3.05) is 11.9 Å². The van der Waals surface area contributed by atoms with Crippen LogP contribution < -0.4 is 16.0 Å². The Hall–Kier alpha value is -1.40. The summed E-state index contributed by atoms with van der Waals surface area (Å²) in [5.74, 6) is 0.345. The molecule has 6 heteroatoms. The van der Waals surface area contributed by atoms with E-state index in [1.54, 1.807) is 0 Å². The van der Waals surface area contributed by atoms with Gasteiger partial charge in [-0.1, -0.05) is 28.8 Å². The predicted molar refractivity (Wildman–Crippen MR) is 93.1 cm³/mol. The summed E-state index contributed by atoms with van der Waals surface area (Å²) in [7, 11) is 0. The van der Waals surface area contributed by atoms with Gasteiger partial charge in [0.25, 0.3) is 0 Å². The third kappa shape index (κ3) is 4.32. The molecule has 3 atom stereocenters. The SMILES string of the molecule is O=C(CNC(=O)C1CC2CCCCC2N1)Nc1ccc(Br)cc1. The lowest BCUT2D eigenvalue weighted by atomic mass is 9.85. The fourth-order valence-corrected chi connectivity index (χ4v) is 3.81. The van der Waals surface area contributed by atoms with Gasteiger partial charge >= 0.3 is 0 Å². The number of carbonyl (C=O) groups is 2. The molecule has 3 N–H and O–H groups in total. The van der Waals surface area contributed by atoms with Crippen molar-refractivity contribution in [3.63, 3.8) is 0 Å². The molecule has 2 aliphatic rings. The maximum absolute atomic E-state index is 12.2. The van der Waals surface area contributed by atoms with Crippen molar-refractivity contribution in [1.29, 1.82) is 0 Å². The van der Waals surface area contributed by atoms with Crippen molar-refractivity contribution >= 4 is 33.4 Å². The zero-order valence-corrected chi connectivity index (χ0v) is 14.6. The Bertz CT molecular complexity index is 562. The van der Waals surface area contributed by atoms with Crippen molar-refractivity contribution in [2.45, 2.75) is 44.2 Å². The monoisotopic (exact) mass is 379 g/mol. The number of carbonyl (C=O) groups excluding carboxylic acids is 2. The van der Waals surface area contributed by atoms with Crippen molar-refractivity contribution in [3.05, 3.63) is 28.7 Å². The first-order valence-electron chi connectivity index (χ1n) is 8.21. The molecule has 3 rings (SSSR count). The lowest BCUT2D eigenvalue weighted by Crippen LogP contribution is -2.45. The van der Waals surface area contributed by atoms with E-state index in [-0.39, 0.29) is 24.4 Å². The van der Waals surface area contributed by atoms with Gasteiger partial charge in [-0.05, 0) is 49.4 Å². The molecule has 0 radical (unpaired) electrons. The van der Waals surface area contributed by atoms with Crippen LogP contribution in [0.3, 0.4) is 0 Å². The summed E-state index contributed by atoms with van der Waals surface area (Å²) in [6, 6.07) is 7.68. The van der Waals surface area contributed by atoms with Gasteiger partial charge in [0, 0.05) is 16.2 Å². The largest absolute Gasteiger partial charge is 0.346 e. The van der Waals surface area contributed by atoms with Crippen LogP contribution in [-0.2, 0) is 9.59 Å². The Morgan fingerprint density at radius 1 is 1.17 bits per heavy atom. The van der Waals surface area contributed by atoms with Crippen LogP contribution in [0.4, 0.5) is 5.69 Å². The number of nitrogens with one attached hydrogen (secondary N) is 3. The maximum Gasteiger partial charge on any atom is 0.243 e. The average molecular weight is 380 g/mol. The molecule has 2 amide bonds. The van der Waals surface area contributed by atoms with Crippen LogP contribution in [0.15, 0.2) is 28.7 Å². The van der Waals surface area contributed by atoms with Crippen molar-refractivity contribution < 1.29 is 9.59 Å². The molecule has 0 bridgehead atoms. The number of fused-ring (bicyclic) bond motifs is 1. The molecule has 2 fully saturated rings. The Morgan fingerprint density at radius 3 is 2.65 bits per heavy atom. The Balaban J connectivity index is 1.43. The van der Waals surface area contributed by atoms with E-state index in [1.807, 2.05) is 24.3 Å². The second-order valence-electron chi connectivity index (χ2n) is 6.38. The summed E-state index contributed by atoms with van der Waals surface area (Å²) in [4.78, 5) is 24.1. The number of rotatable bonds is 4. The van der Waals surface area contributed by atoms with Crippen LogP contribution in [0.1, 0.15) is 32.1 Å². The van der Waals surface area contributed by atoms with Gasteiger partial charge in [-0.3, -0.25) is 9.59 Å². The van der Waals surface area contributed by atoms with Gasteiger partial charge in [-0.25, -0.2) is 0 Å². The third-order valence-corrected chi connectivity index (χ3v) is 5.26. The van der Waals surface area contributed by atoms with Gasteiger partial charge in [0.2, 0.25) is 11.8 Å². The number of hydrogen-bond acceptors (Lipinski definition) is 3. The molecule has 3 unspecified atom stereocenters. The van der Waals surface area contributed by atoms with Crippen molar-refractivity contribution in [2.24, 2.45) is 5.92 Å². The fraction of sp³-hybridized carbons (Fsp3) is 0.529. The van der Waals surface area contributed by atoms with E-state index >= 15 is 0 Å². The average Bonchev–Trinajstić information content (AvgIpc) is 2.99. The van der Waals surface area contributed by atoms with Crippen LogP contribution in [0, 0.1) is 5.92 Å². The smallest absolute Gasteiger partial charge is 0.243 e. The highest BCUT2D eigenvalue weighted by Gasteiger charge is 2.38. The first kappa shape index (κ1) is 16.5. The first-order valence-corrected chi connectivity index (χ1v) is 9.00. The van der Waals surface area contributed by atoms with E-state index in [0.717, 1.165) is 16.6 Å². The van der Waals surface area contributed by atoms with Gasteiger partial charge in [0.15, 0.2) is 0 Å². The van der Waals surface area contributed by atoms with E-state index in [4.69, 9.17) is 0 Å². The van der Waals surface area contributed by atoms with Crippen LogP contribution in [0.25, 0.3) is 0 Å². The minimum atomic E-state index is -0.212. The molecule has 1 saturated carbocycles. The van der Waals surface area contributed by atoms with Crippen LogP contribution in [0.5, 0.6) is 0 Å². The van der Waals surface area contributed by atoms with Gasteiger partial charge < -0.3 is 16.0 Å². The molecule has 1 saturated heterocycles. The van der Waals surface area contributed by atoms with E-state index in [2.05, 4.69) is 31.9 Å². The number of halogens is 1. The zero-order chi connectivity index (χ0) is 16.2. The minimum Gasteiger partial charge on any atom is -0.346 e. The maximum atomic E-state index is 12.2. The first-order chi connectivity index (χ1) is 11.1. The molecule has 1 heterocycles. The van der Waals surface area contributed by atoms with E-state index in [9.17, 15) is 9.59 Å².